The number of fused-ring (bicyclic) bond motifs is 4. The van der Waals surface area contributed by atoms with Crippen LogP contribution in [-0.2, 0) is 11.3 Å². The standard InChI is InChI=1S/C39H41N5O3/c1-27-8-6-11-33(20-27)43-19-18-41(23-28(43)2)39(47)31-15-16-36(34(22-31)40-37(45)17-14-29-9-4-3-5-10-29)42-24-30-21-32(26-42)35-12-7-13-38(46)44(35)25-30/h3-17,20,22,28,30,32H,18-19,21,23-26H2,1-2H3,(H,40,45)/b17-14+/t28-,30+,32-/m0/s1. The first-order valence-corrected chi connectivity index (χ1v) is 16.6. The van der Waals surface area contributed by atoms with E-state index in [9.17, 15) is 14.4 Å². The lowest BCUT2D eigenvalue weighted by Crippen LogP contribution is -2.53. The largest absolute Gasteiger partial charge is 0.369 e. The van der Waals surface area contributed by atoms with Gasteiger partial charge in [0.2, 0.25) is 5.91 Å². The monoisotopic (exact) mass is 627 g/mol. The summed E-state index contributed by atoms with van der Waals surface area (Å²) in [7, 11) is 0. The number of aryl methyl sites for hydroxylation is 1. The smallest absolute Gasteiger partial charge is 0.254 e. The highest BCUT2D eigenvalue weighted by atomic mass is 16.2. The molecule has 47 heavy (non-hydrogen) atoms. The maximum Gasteiger partial charge on any atom is 0.254 e. The molecule has 3 aliphatic heterocycles. The van der Waals surface area contributed by atoms with Gasteiger partial charge in [0.25, 0.3) is 11.5 Å². The molecular formula is C39H41N5O3. The number of piperidine rings is 1. The fourth-order valence-electron chi connectivity index (χ4n) is 7.56. The van der Waals surface area contributed by atoms with E-state index in [0.717, 1.165) is 43.0 Å². The maximum atomic E-state index is 13.9. The van der Waals surface area contributed by atoms with E-state index < -0.39 is 0 Å². The fraction of sp³-hybridized carbons (Fsp3) is 0.308. The predicted molar refractivity (Wildman–Crippen MR) is 188 cm³/mol. The molecule has 8 nitrogen and oxygen atoms in total. The summed E-state index contributed by atoms with van der Waals surface area (Å²) in [5.74, 6) is 0.237. The van der Waals surface area contributed by atoms with Crippen molar-refractivity contribution in [3.63, 3.8) is 0 Å². The predicted octanol–water partition coefficient (Wildman–Crippen LogP) is 5.78. The van der Waals surface area contributed by atoms with Crippen molar-refractivity contribution in [2.24, 2.45) is 5.92 Å². The maximum absolute atomic E-state index is 13.9. The number of nitrogens with one attached hydrogen (secondary N) is 1. The van der Waals surface area contributed by atoms with E-state index in [-0.39, 0.29) is 29.3 Å². The molecule has 1 aromatic heterocycles. The van der Waals surface area contributed by atoms with E-state index in [2.05, 4.69) is 59.3 Å². The Morgan fingerprint density at radius 1 is 0.851 bits per heavy atom. The SMILES string of the molecule is Cc1cccc(N2CCN(C(=O)c3ccc(N4C[C@H]5C[C@@H](C4)c4cccc(=O)n4C5)c(NC(=O)/C=C/c4ccccc4)c3)C[C@@H]2C)c1. The Labute approximate surface area is 275 Å². The van der Waals surface area contributed by atoms with Gasteiger partial charge in [-0.1, -0.05) is 48.5 Å². The highest BCUT2D eigenvalue weighted by Gasteiger charge is 2.36. The number of aromatic nitrogens is 1. The number of rotatable bonds is 6. The number of carbonyl (C=O) groups is 2. The van der Waals surface area contributed by atoms with E-state index in [1.807, 2.05) is 64.1 Å². The van der Waals surface area contributed by atoms with Gasteiger partial charge in [0.1, 0.15) is 0 Å². The molecule has 1 N–H and O–H groups in total. The van der Waals surface area contributed by atoms with Crippen LogP contribution in [0.2, 0.25) is 0 Å². The van der Waals surface area contributed by atoms with Crippen LogP contribution in [0, 0.1) is 12.8 Å². The number of hydrogen-bond acceptors (Lipinski definition) is 5. The molecule has 0 unspecified atom stereocenters. The van der Waals surface area contributed by atoms with E-state index in [1.54, 1.807) is 12.1 Å². The summed E-state index contributed by atoms with van der Waals surface area (Å²) >= 11 is 0. The average molecular weight is 628 g/mol. The third-order valence-electron chi connectivity index (χ3n) is 9.80. The van der Waals surface area contributed by atoms with Crippen molar-refractivity contribution in [3.8, 4) is 0 Å². The minimum absolute atomic E-state index is 0.0357. The van der Waals surface area contributed by atoms with Crippen molar-refractivity contribution in [3.05, 3.63) is 130 Å². The molecule has 4 heterocycles. The minimum Gasteiger partial charge on any atom is -0.369 e. The molecule has 2 saturated heterocycles. The average Bonchev–Trinajstić information content (AvgIpc) is 3.08. The number of benzene rings is 3. The first-order valence-electron chi connectivity index (χ1n) is 16.6. The Morgan fingerprint density at radius 3 is 2.49 bits per heavy atom. The van der Waals surface area contributed by atoms with Crippen molar-refractivity contribution < 1.29 is 9.59 Å². The Kier molecular flexibility index (Phi) is 8.41. The van der Waals surface area contributed by atoms with Crippen LogP contribution in [0.1, 0.15) is 46.4 Å². The van der Waals surface area contributed by atoms with Gasteiger partial charge in [-0.25, -0.2) is 0 Å². The lowest BCUT2D eigenvalue weighted by atomic mass is 9.83. The Morgan fingerprint density at radius 2 is 1.68 bits per heavy atom. The molecule has 7 rings (SSSR count). The zero-order valence-corrected chi connectivity index (χ0v) is 27.0. The molecule has 0 spiro atoms. The summed E-state index contributed by atoms with van der Waals surface area (Å²) in [5.41, 5.74) is 6.53. The van der Waals surface area contributed by atoms with Crippen LogP contribution in [0.25, 0.3) is 6.08 Å². The van der Waals surface area contributed by atoms with Crippen LogP contribution in [0.5, 0.6) is 0 Å². The molecule has 2 fully saturated rings. The van der Waals surface area contributed by atoms with Gasteiger partial charge >= 0.3 is 0 Å². The lowest BCUT2D eigenvalue weighted by molar-refractivity contribution is -0.111. The van der Waals surface area contributed by atoms with E-state index in [0.29, 0.717) is 36.8 Å². The van der Waals surface area contributed by atoms with Crippen molar-refractivity contribution in [2.75, 3.05) is 47.8 Å². The quantitative estimate of drug-likeness (QED) is 0.274. The zero-order chi connectivity index (χ0) is 32.5. The third kappa shape index (κ3) is 6.45. The number of carbonyl (C=O) groups excluding carboxylic acids is 2. The van der Waals surface area contributed by atoms with E-state index in [1.165, 1.54) is 17.3 Å². The third-order valence-corrected chi connectivity index (χ3v) is 9.80. The molecule has 3 aliphatic rings. The second-order valence-corrected chi connectivity index (χ2v) is 13.2. The van der Waals surface area contributed by atoms with E-state index >= 15 is 0 Å². The molecule has 0 radical (unpaired) electrons. The molecule has 0 aliphatic carbocycles. The van der Waals surface area contributed by atoms with Crippen molar-refractivity contribution in [2.45, 2.75) is 38.8 Å². The van der Waals surface area contributed by atoms with Gasteiger partial charge in [-0.15, -0.1) is 0 Å². The molecule has 4 aromatic rings. The normalized spacial score (nSPS) is 20.6. The second kappa shape index (κ2) is 12.9. The molecule has 3 atom stereocenters. The van der Waals surface area contributed by atoms with Crippen molar-refractivity contribution >= 4 is 35.0 Å². The van der Waals surface area contributed by atoms with Crippen LogP contribution in [-0.4, -0.2) is 60.0 Å². The van der Waals surface area contributed by atoms with Gasteiger partial charge in [-0.3, -0.25) is 14.4 Å². The number of amides is 2. The first kappa shape index (κ1) is 30.5. The first-order chi connectivity index (χ1) is 22.8. The zero-order valence-electron chi connectivity index (χ0n) is 27.0. The Bertz CT molecular complexity index is 1880. The summed E-state index contributed by atoms with van der Waals surface area (Å²) in [6.07, 6.45) is 4.36. The molecule has 2 bridgehead atoms. The number of hydrogen-bond donors (Lipinski definition) is 1. The van der Waals surface area contributed by atoms with Gasteiger partial charge in [0.05, 0.1) is 11.4 Å². The number of anilines is 3. The number of nitrogens with zero attached hydrogens (tertiary/aromatic N) is 4. The van der Waals surface area contributed by atoms with Crippen LogP contribution in [0.15, 0.2) is 102 Å². The number of pyridine rings is 1. The Hall–Kier alpha value is -5.11. The second-order valence-electron chi connectivity index (χ2n) is 13.2. The highest BCUT2D eigenvalue weighted by molar-refractivity contribution is 6.05. The highest BCUT2D eigenvalue weighted by Crippen LogP contribution is 2.39. The van der Waals surface area contributed by atoms with Gasteiger partial charge in [-0.2, -0.15) is 0 Å². The van der Waals surface area contributed by atoms with Crippen LogP contribution >= 0.6 is 0 Å². The molecule has 8 heteroatoms. The molecular weight excluding hydrogens is 586 g/mol. The van der Waals surface area contributed by atoms with Gasteiger partial charge in [0, 0.05) is 80.3 Å². The summed E-state index contributed by atoms with van der Waals surface area (Å²) in [5, 5.41) is 3.11. The molecule has 3 aromatic carbocycles. The van der Waals surface area contributed by atoms with Gasteiger partial charge in [0.15, 0.2) is 0 Å². The van der Waals surface area contributed by atoms with Crippen LogP contribution in [0.4, 0.5) is 17.1 Å². The number of piperazine rings is 1. The Balaban J connectivity index is 1.15. The minimum atomic E-state index is -0.255. The van der Waals surface area contributed by atoms with Crippen LogP contribution in [0.3, 0.4) is 0 Å². The van der Waals surface area contributed by atoms with Crippen LogP contribution < -0.4 is 20.7 Å². The molecule has 0 saturated carbocycles. The van der Waals surface area contributed by atoms with Crippen molar-refractivity contribution in [1.29, 1.82) is 0 Å². The molecule has 2 amide bonds. The summed E-state index contributed by atoms with van der Waals surface area (Å²) in [4.78, 5) is 46.4. The van der Waals surface area contributed by atoms with Gasteiger partial charge < -0.3 is 24.6 Å². The van der Waals surface area contributed by atoms with E-state index in [4.69, 9.17) is 0 Å². The fourth-order valence-corrected chi connectivity index (χ4v) is 7.56. The topological polar surface area (TPSA) is 77.9 Å². The summed E-state index contributed by atoms with van der Waals surface area (Å²) in [6.45, 7) is 8.44. The van der Waals surface area contributed by atoms with Gasteiger partial charge in [-0.05, 0) is 79.8 Å². The van der Waals surface area contributed by atoms with Crippen molar-refractivity contribution in [1.82, 2.24) is 9.47 Å². The molecule has 240 valence electrons. The summed E-state index contributed by atoms with van der Waals surface area (Å²) in [6, 6.07) is 29.6. The summed E-state index contributed by atoms with van der Waals surface area (Å²) < 4.78 is 1.93. The lowest BCUT2D eigenvalue weighted by Gasteiger charge is -2.44.